The number of halogens is 1. The molecule has 0 bridgehead atoms. The Hall–Kier alpha value is -1.52. The van der Waals surface area contributed by atoms with Crippen LogP contribution in [0.2, 0.25) is 0 Å². The Labute approximate surface area is 127 Å². The summed E-state index contributed by atoms with van der Waals surface area (Å²) < 4.78 is 27.5. The van der Waals surface area contributed by atoms with Gasteiger partial charge in [-0.2, -0.15) is 0 Å². The molecule has 0 saturated heterocycles. The molecule has 2 rings (SSSR count). The standard InChI is InChI=1S/C10H8BrN3O4S2/c1-6-3-2-4-7(14(15)16)9(6)20(17,18)13-10-12-5-8(11)19-10/h2-5H,1H3,(H,12,13). The minimum atomic E-state index is -4.07. The number of sulfonamides is 1. The third kappa shape index (κ3) is 2.97. The number of hydrogen-bond acceptors (Lipinski definition) is 6. The van der Waals surface area contributed by atoms with Crippen molar-refractivity contribution in [3.8, 4) is 0 Å². The predicted octanol–water partition coefficient (Wildman–Crippen LogP) is 2.92. The summed E-state index contributed by atoms with van der Waals surface area (Å²) in [5.74, 6) is 0. The SMILES string of the molecule is Cc1cccc([N+](=O)[O-])c1S(=O)(=O)Nc1ncc(Br)s1. The van der Waals surface area contributed by atoms with Crippen molar-refractivity contribution in [1.29, 1.82) is 0 Å². The maximum absolute atomic E-state index is 12.3. The zero-order chi connectivity index (χ0) is 14.9. The van der Waals surface area contributed by atoms with Crippen LogP contribution in [0.25, 0.3) is 0 Å². The van der Waals surface area contributed by atoms with E-state index >= 15 is 0 Å². The summed E-state index contributed by atoms with van der Waals surface area (Å²) in [6.45, 7) is 1.50. The molecule has 0 amide bonds. The number of nitrogens with zero attached hydrogens (tertiary/aromatic N) is 2. The number of nitrogens with one attached hydrogen (secondary N) is 1. The van der Waals surface area contributed by atoms with Crippen molar-refractivity contribution in [2.45, 2.75) is 11.8 Å². The van der Waals surface area contributed by atoms with Crippen LogP contribution in [0.3, 0.4) is 0 Å². The molecule has 2 aromatic rings. The highest BCUT2D eigenvalue weighted by molar-refractivity contribution is 9.11. The molecule has 20 heavy (non-hydrogen) atoms. The van der Waals surface area contributed by atoms with Gasteiger partial charge in [0.2, 0.25) is 0 Å². The molecular formula is C10H8BrN3O4S2. The molecule has 0 atom stereocenters. The maximum atomic E-state index is 12.3. The molecule has 1 aromatic heterocycles. The van der Waals surface area contributed by atoms with E-state index in [0.29, 0.717) is 9.35 Å². The molecule has 1 aromatic carbocycles. The number of anilines is 1. The second-order valence-electron chi connectivity index (χ2n) is 3.76. The van der Waals surface area contributed by atoms with Gasteiger partial charge in [0.05, 0.1) is 14.9 Å². The number of aryl methyl sites for hydroxylation is 1. The molecule has 0 unspecified atom stereocenters. The Morgan fingerprint density at radius 3 is 2.70 bits per heavy atom. The van der Waals surface area contributed by atoms with Gasteiger partial charge in [-0.3, -0.25) is 14.8 Å². The normalized spacial score (nSPS) is 11.3. The van der Waals surface area contributed by atoms with Crippen LogP contribution in [-0.4, -0.2) is 18.3 Å². The Balaban J connectivity index is 2.52. The molecule has 10 heteroatoms. The lowest BCUT2D eigenvalue weighted by Crippen LogP contribution is -2.16. The lowest BCUT2D eigenvalue weighted by Gasteiger charge is -2.08. The Kier molecular flexibility index (Phi) is 4.06. The fraction of sp³-hybridized carbons (Fsp3) is 0.100. The quantitative estimate of drug-likeness (QED) is 0.651. The summed E-state index contributed by atoms with van der Waals surface area (Å²) in [5.41, 5.74) is -0.171. The average Bonchev–Trinajstić information content (AvgIpc) is 2.73. The van der Waals surface area contributed by atoms with Crippen LogP contribution in [0.1, 0.15) is 5.56 Å². The Morgan fingerprint density at radius 1 is 1.45 bits per heavy atom. The van der Waals surface area contributed by atoms with Crippen molar-refractivity contribution in [2.24, 2.45) is 0 Å². The number of hydrogen-bond donors (Lipinski definition) is 1. The van der Waals surface area contributed by atoms with Gasteiger partial charge in [0, 0.05) is 6.07 Å². The van der Waals surface area contributed by atoms with E-state index < -0.39 is 20.6 Å². The van der Waals surface area contributed by atoms with Crippen molar-refractivity contribution in [3.63, 3.8) is 0 Å². The van der Waals surface area contributed by atoms with E-state index in [0.717, 1.165) is 17.4 Å². The third-order valence-electron chi connectivity index (χ3n) is 2.36. The lowest BCUT2D eigenvalue weighted by molar-refractivity contribution is -0.387. The first kappa shape index (κ1) is 14.9. The zero-order valence-corrected chi connectivity index (χ0v) is 13.3. The first-order valence-electron chi connectivity index (χ1n) is 5.19. The van der Waals surface area contributed by atoms with E-state index in [1.165, 1.54) is 25.3 Å². The van der Waals surface area contributed by atoms with Gasteiger partial charge in [-0.05, 0) is 28.4 Å². The number of thiazole rings is 1. The van der Waals surface area contributed by atoms with Gasteiger partial charge in [-0.1, -0.05) is 23.5 Å². The molecule has 0 radical (unpaired) electrons. The van der Waals surface area contributed by atoms with Crippen molar-refractivity contribution in [2.75, 3.05) is 4.72 Å². The van der Waals surface area contributed by atoms with Gasteiger partial charge in [-0.25, -0.2) is 13.4 Å². The molecule has 1 heterocycles. The van der Waals surface area contributed by atoms with Crippen LogP contribution in [0.5, 0.6) is 0 Å². The topological polar surface area (TPSA) is 102 Å². The summed E-state index contributed by atoms with van der Waals surface area (Å²) in [7, 11) is -4.07. The van der Waals surface area contributed by atoms with E-state index in [1.807, 2.05) is 0 Å². The van der Waals surface area contributed by atoms with Crippen LogP contribution in [0.4, 0.5) is 10.8 Å². The van der Waals surface area contributed by atoms with Crippen molar-refractivity contribution in [3.05, 3.63) is 43.9 Å². The van der Waals surface area contributed by atoms with Crippen molar-refractivity contribution < 1.29 is 13.3 Å². The highest BCUT2D eigenvalue weighted by Crippen LogP contribution is 2.30. The largest absolute Gasteiger partial charge is 0.290 e. The summed E-state index contributed by atoms with van der Waals surface area (Å²) in [6, 6.07) is 4.09. The van der Waals surface area contributed by atoms with E-state index in [-0.39, 0.29) is 10.0 Å². The number of aromatic nitrogens is 1. The lowest BCUT2D eigenvalue weighted by atomic mass is 10.2. The van der Waals surface area contributed by atoms with Crippen molar-refractivity contribution >= 4 is 48.1 Å². The molecular weight excluding hydrogens is 370 g/mol. The van der Waals surface area contributed by atoms with Gasteiger partial charge in [-0.15, -0.1) is 0 Å². The van der Waals surface area contributed by atoms with E-state index in [9.17, 15) is 18.5 Å². The molecule has 7 nitrogen and oxygen atoms in total. The molecule has 0 saturated carbocycles. The highest BCUT2D eigenvalue weighted by Gasteiger charge is 2.28. The second-order valence-corrected chi connectivity index (χ2v) is 7.78. The summed E-state index contributed by atoms with van der Waals surface area (Å²) in [6.07, 6.45) is 1.44. The van der Waals surface area contributed by atoms with Crippen LogP contribution in [0.15, 0.2) is 33.1 Å². The van der Waals surface area contributed by atoms with Gasteiger partial charge < -0.3 is 0 Å². The summed E-state index contributed by atoms with van der Waals surface area (Å²) >= 11 is 4.24. The average molecular weight is 378 g/mol. The Morgan fingerprint density at radius 2 is 2.15 bits per heavy atom. The summed E-state index contributed by atoms with van der Waals surface area (Å²) in [5, 5.41) is 11.1. The fourth-order valence-electron chi connectivity index (χ4n) is 1.60. The third-order valence-corrected chi connectivity index (χ3v) is 5.41. The van der Waals surface area contributed by atoms with Crippen LogP contribution < -0.4 is 4.72 Å². The predicted molar refractivity (Wildman–Crippen MR) is 78.5 cm³/mol. The molecule has 1 N–H and O–H groups in total. The van der Waals surface area contributed by atoms with Crippen LogP contribution in [-0.2, 0) is 10.0 Å². The van der Waals surface area contributed by atoms with Gasteiger partial charge >= 0.3 is 0 Å². The van der Waals surface area contributed by atoms with Gasteiger partial charge in [0.1, 0.15) is 0 Å². The first-order chi connectivity index (χ1) is 9.31. The summed E-state index contributed by atoms with van der Waals surface area (Å²) in [4.78, 5) is 13.7. The van der Waals surface area contributed by atoms with E-state index in [2.05, 4.69) is 25.6 Å². The molecule has 0 aliphatic rings. The number of nitro benzene ring substituents is 1. The molecule has 0 fully saturated rings. The number of nitro groups is 1. The highest BCUT2D eigenvalue weighted by atomic mass is 79.9. The van der Waals surface area contributed by atoms with E-state index in [1.54, 1.807) is 0 Å². The maximum Gasteiger partial charge on any atom is 0.290 e. The number of benzene rings is 1. The minimum Gasteiger partial charge on any atom is -0.258 e. The van der Waals surface area contributed by atoms with Gasteiger partial charge in [0.25, 0.3) is 15.7 Å². The molecule has 0 aliphatic heterocycles. The monoisotopic (exact) mass is 377 g/mol. The van der Waals surface area contributed by atoms with Crippen molar-refractivity contribution in [1.82, 2.24) is 4.98 Å². The van der Waals surface area contributed by atoms with Crippen LogP contribution in [0, 0.1) is 17.0 Å². The van der Waals surface area contributed by atoms with Gasteiger partial charge in [0.15, 0.2) is 10.0 Å². The smallest absolute Gasteiger partial charge is 0.258 e. The molecule has 0 spiro atoms. The van der Waals surface area contributed by atoms with Crippen LogP contribution >= 0.6 is 27.3 Å². The molecule has 0 aliphatic carbocycles. The minimum absolute atomic E-state index is 0.134. The Bertz CT molecular complexity index is 773. The fourth-order valence-corrected chi connectivity index (χ4v) is 4.35. The first-order valence-corrected chi connectivity index (χ1v) is 8.28. The molecule has 106 valence electrons. The van der Waals surface area contributed by atoms with E-state index in [4.69, 9.17) is 0 Å². The number of rotatable bonds is 4. The second kappa shape index (κ2) is 5.46. The zero-order valence-electron chi connectivity index (χ0n) is 10.0.